The highest BCUT2D eigenvalue weighted by Crippen LogP contribution is 2.50. The monoisotopic (exact) mass is 488 g/mol. The Morgan fingerprint density at radius 3 is 2.70 bits per heavy atom. The number of hydrogen-bond donors (Lipinski definition) is 2. The minimum absolute atomic E-state index is 0.0699. The molecule has 6 rings (SSSR count). The fourth-order valence-corrected chi connectivity index (χ4v) is 6.20. The van der Waals surface area contributed by atoms with Crippen LogP contribution in [0.5, 0.6) is 0 Å². The van der Waals surface area contributed by atoms with Crippen molar-refractivity contribution in [3.8, 4) is 10.6 Å². The van der Waals surface area contributed by atoms with Crippen LogP contribution in [0, 0.1) is 5.41 Å². The van der Waals surface area contributed by atoms with Crippen molar-refractivity contribution >= 4 is 57.6 Å². The third kappa shape index (κ3) is 2.71. The largest absolute Gasteiger partial charge is 0.372 e. The van der Waals surface area contributed by atoms with Gasteiger partial charge < -0.3 is 14.2 Å². The number of ether oxygens (including phenoxy) is 1. The van der Waals surface area contributed by atoms with E-state index in [1.165, 1.54) is 11.3 Å². The summed E-state index contributed by atoms with van der Waals surface area (Å²) in [5.74, 6) is -1.37. The Morgan fingerprint density at radius 1 is 1.24 bits per heavy atom. The highest BCUT2D eigenvalue weighted by Gasteiger charge is 2.63. The van der Waals surface area contributed by atoms with Crippen molar-refractivity contribution in [2.24, 2.45) is 5.41 Å². The highest BCUT2D eigenvalue weighted by atomic mass is 35.5. The second-order valence-corrected chi connectivity index (χ2v) is 9.69. The van der Waals surface area contributed by atoms with Gasteiger partial charge in [-0.3, -0.25) is 25.2 Å². The molecular formula is C20H17ClN6O5S. The molecule has 0 radical (unpaired) electrons. The molecule has 13 heteroatoms. The van der Waals surface area contributed by atoms with Crippen molar-refractivity contribution < 1.29 is 23.6 Å². The topological polar surface area (TPSA) is 140 Å². The molecule has 3 aromatic rings. The van der Waals surface area contributed by atoms with Crippen LogP contribution in [0.4, 0.5) is 10.5 Å². The Kier molecular flexibility index (Phi) is 4.32. The second kappa shape index (κ2) is 6.95. The standard InChI is InChI=1S/C20H17ClN6O5S/c1-7-5-27-14-9(23-13-12(10-4-22-6-33-10)26-32-15(13)11(14)21)3-20(16(27)8(2)31-7)17(28)24-19(30)25-18(20)29/h4,6-8,16H,3,5H2,1-2H3,(H2,24,25,28,29,30)/t7-,8+,16-/m0/s1. The van der Waals surface area contributed by atoms with Gasteiger partial charge in [0.1, 0.15) is 10.5 Å². The fourth-order valence-electron chi connectivity index (χ4n) is 5.25. The normalized spacial score (nSPS) is 26.2. The SMILES string of the molecule is C[C@H]1CN2c3c(nc4c(-c5cncs5)noc4c3Cl)CC3(C(=O)NC(=O)NC3=O)[C@@H]2[C@@H](C)O1. The molecule has 0 unspecified atom stereocenters. The van der Waals surface area contributed by atoms with Gasteiger partial charge in [-0.15, -0.1) is 11.3 Å². The molecule has 1 spiro atoms. The number of fused-ring (bicyclic) bond motifs is 5. The molecule has 6 heterocycles. The highest BCUT2D eigenvalue weighted by molar-refractivity contribution is 7.13. The summed E-state index contributed by atoms with van der Waals surface area (Å²) in [7, 11) is 0. The van der Waals surface area contributed by atoms with E-state index < -0.39 is 35.4 Å². The van der Waals surface area contributed by atoms with E-state index in [0.29, 0.717) is 39.7 Å². The second-order valence-electron chi connectivity index (χ2n) is 8.43. The quantitative estimate of drug-likeness (QED) is 0.491. The van der Waals surface area contributed by atoms with E-state index in [0.717, 1.165) is 4.88 Å². The van der Waals surface area contributed by atoms with E-state index in [9.17, 15) is 14.4 Å². The third-order valence-electron chi connectivity index (χ3n) is 6.44. The molecule has 11 nitrogen and oxygen atoms in total. The number of nitrogens with one attached hydrogen (secondary N) is 2. The molecule has 0 aromatic carbocycles. The van der Waals surface area contributed by atoms with Crippen molar-refractivity contribution in [3.63, 3.8) is 0 Å². The molecule has 4 amide bonds. The van der Waals surface area contributed by atoms with Crippen molar-refractivity contribution in [2.45, 2.75) is 38.5 Å². The molecule has 3 atom stereocenters. The Labute approximate surface area is 195 Å². The lowest BCUT2D eigenvalue weighted by molar-refractivity contribution is -0.153. The van der Waals surface area contributed by atoms with Crippen LogP contribution in [-0.2, 0) is 20.7 Å². The third-order valence-corrected chi connectivity index (χ3v) is 7.58. The summed E-state index contributed by atoms with van der Waals surface area (Å²) in [5.41, 5.74) is 2.26. The van der Waals surface area contributed by atoms with Crippen LogP contribution in [0.1, 0.15) is 19.5 Å². The van der Waals surface area contributed by atoms with Crippen LogP contribution in [0.15, 0.2) is 16.2 Å². The zero-order valence-electron chi connectivity index (χ0n) is 17.4. The van der Waals surface area contributed by atoms with Gasteiger partial charge in [0.15, 0.2) is 11.1 Å². The average molecular weight is 489 g/mol. The zero-order chi connectivity index (χ0) is 23.1. The molecule has 0 saturated carbocycles. The van der Waals surface area contributed by atoms with Crippen molar-refractivity contribution in [3.05, 3.63) is 22.4 Å². The first-order chi connectivity index (χ1) is 15.8. The summed E-state index contributed by atoms with van der Waals surface area (Å²) in [6.45, 7) is 4.06. The van der Waals surface area contributed by atoms with Crippen LogP contribution in [0.25, 0.3) is 21.7 Å². The van der Waals surface area contributed by atoms with Crippen LogP contribution >= 0.6 is 22.9 Å². The number of morpholine rings is 1. The summed E-state index contributed by atoms with van der Waals surface area (Å²) in [5, 5.41) is 8.96. The number of rotatable bonds is 1. The van der Waals surface area contributed by atoms with Crippen LogP contribution < -0.4 is 15.5 Å². The predicted molar refractivity (Wildman–Crippen MR) is 117 cm³/mol. The number of imide groups is 2. The molecular weight excluding hydrogens is 472 g/mol. The van der Waals surface area contributed by atoms with Gasteiger partial charge in [0.2, 0.25) is 17.4 Å². The van der Waals surface area contributed by atoms with E-state index in [-0.39, 0.29) is 12.5 Å². The van der Waals surface area contributed by atoms with Crippen LogP contribution in [-0.4, -0.2) is 57.8 Å². The van der Waals surface area contributed by atoms with Crippen molar-refractivity contribution in [2.75, 3.05) is 11.4 Å². The van der Waals surface area contributed by atoms with Crippen LogP contribution in [0.3, 0.4) is 0 Å². The molecule has 33 heavy (non-hydrogen) atoms. The fraction of sp³-hybridized carbons (Fsp3) is 0.400. The lowest BCUT2D eigenvalue weighted by Gasteiger charge is -2.55. The first-order valence-electron chi connectivity index (χ1n) is 10.3. The van der Waals surface area contributed by atoms with E-state index in [4.69, 9.17) is 25.8 Å². The van der Waals surface area contributed by atoms with Gasteiger partial charge in [-0.25, -0.2) is 9.78 Å². The summed E-state index contributed by atoms with van der Waals surface area (Å²) >= 11 is 8.22. The molecule has 3 aliphatic heterocycles. The van der Waals surface area contributed by atoms with Gasteiger partial charge in [-0.05, 0) is 13.8 Å². The lowest BCUT2D eigenvalue weighted by atomic mass is 9.67. The van der Waals surface area contributed by atoms with Crippen molar-refractivity contribution in [1.82, 2.24) is 25.8 Å². The minimum Gasteiger partial charge on any atom is -0.372 e. The minimum atomic E-state index is -1.63. The average Bonchev–Trinajstić information content (AvgIpc) is 3.41. The lowest BCUT2D eigenvalue weighted by Crippen LogP contribution is -2.75. The molecule has 0 bridgehead atoms. The van der Waals surface area contributed by atoms with Gasteiger partial charge in [0.05, 0.1) is 40.0 Å². The number of carbonyl (C=O) groups excluding carboxylic acids is 3. The number of nitrogens with zero attached hydrogens (tertiary/aromatic N) is 4. The maximum atomic E-state index is 13.3. The summed E-state index contributed by atoms with van der Waals surface area (Å²) in [4.78, 5) is 49.9. The van der Waals surface area contributed by atoms with E-state index >= 15 is 0 Å². The number of thiazole rings is 1. The predicted octanol–water partition coefficient (Wildman–Crippen LogP) is 1.89. The summed E-state index contributed by atoms with van der Waals surface area (Å²) < 4.78 is 11.6. The Morgan fingerprint density at radius 2 is 2.00 bits per heavy atom. The molecule has 0 aliphatic carbocycles. The number of anilines is 1. The van der Waals surface area contributed by atoms with E-state index in [2.05, 4.69) is 20.8 Å². The molecule has 3 aliphatic rings. The molecule has 2 saturated heterocycles. The molecule has 2 fully saturated rings. The number of carbonyl (C=O) groups is 3. The van der Waals surface area contributed by atoms with Crippen LogP contribution in [0.2, 0.25) is 5.02 Å². The number of urea groups is 1. The smallest absolute Gasteiger partial charge is 0.328 e. The Bertz CT molecular complexity index is 1320. The number of amides is 4. The Balaban J connectivity index is 1.61. The molecule has 170 valence electrons. The zero-order valence-corrected chi connectivity index (χ0v) is 19.0. The summed E-state index contributed by atoms with van der Waals surface area (Å²) in [6.07, 6.45) is 0.859. The Hall–Kier alpha value is -3.09. The summed E-state index contributed by atoms with van der Waals surface area (Å²) in [6, 6.07) is -1.56. The molecule has 3 aromatic heterocycles. The first kappa shape index (κ1) is 20.5. The van der Waals surface area contributed by atoms with E-state index in [1.54, 1.807) is 18.6 Å². The van der Waals surface area contributed by atoms with Gasteiger partial charge in [-0.1, -0.05) is 16.8 Å². The number of hydrogen-bond acceptors (Lipinski definition) is 10. The number of pyridine rings is 1. The van der Waals surface area contributed by atoms with Gasteiger partial charge in [-0.2, -0.15) is 0 Å². The maximum Gasteiger partial charge on any atom is 0.328 e. The first-order valence-corrected chi connectivity index (χ1v) is 11.5. The van der Waals surface area contributed by atoms with Gasteiger partial charge in [0, 0.05) is 19.2 Å². The van der Waals surface area contributed by atoms with E-state index in [1.807, 2.05) is 11.8 Å². The maximum absolute atomic E-state index is 13.3. The number of aromatic nitrogens is 3. The molecule has 2 N–H and O–H groups in total. The number of halogens is 1. The van der Waals surface area contributed by atoms with Gasteiger partial charge >= 0.3 is 6.03 Å². The number of barbiturate groups is 1. The van der Waals surface area contributed by atoms with Crippen molar-refractivity contribution in [1.29, 1.82) is 0 Å². The van der Waals surface area contributed by atoms with Gasteiger partial charge in [0.25, 0.3) is 0 Å².